The van der Waals surface area contributed by atoms with Gasteiger partial charge in [0.2, 0.25) is 0 Å². The summed E-state index contributed by atoms with van der Waals surface area (Å²) in [6, 6.07) is 8.42. The number of hydrogen-bond acceptors (Lipinski definition) is 4. The van der Waals surface area contributed by atoms with Gasteiger partial charge in [0.15, 0.2) is 5.82 Å². The van der Waals surface area contributed by atoms with Crippen LogP contribution in [0.25, 0.3) is 16.7 Å². The number of benzene rings is 1. The van der Waals surface area contributed by atoms with Gasteiger partial charge in [-0.3, -0.25) is 9.59 Å². The van der Waals surface area contributed by atoms with Crippen LogP contribution in [0.2, 0.25) is 0 Å². The fourth-order valence-electron chi connectivity index (χ4n) is 3.16. The third kappa shape index (κ3) is 2.55. The van der Waals surface area contributed by atoms with Gasteiger partial charge in [-0.25, -0.2) is 14.5 Å². The molecule has 0 fully saturated rings. The van der Waals surface area contributed by atoms with Crippen molar-refractivity contribution < 1.29 is 4.79 Å². The SMILES string of the molecule is CCCC1NC(=O)c2cccnc2-n2c1nc1ccc(Br)cc1c2=O. The van der Waals surface area contributed by atoms with E-state index in [-0.39, 0.29) is 17.5 Å². The molecule has 0 spiro atoms. The molecule has 1 amide bonds. The predicted octanol–water partition coefficient (Wildman–Crippen LogP) is 3.13. The first kappa shape index (κ1) is 16.0. The molecule has 3 aromatic rings. The van der Waals surface area contributed by atoms with E-state index in [2.05, 4.69) is 26.2 Å². The first-order chi connectivity index (χ1) is 12.1. The van der Waals surface area contributed by atoms with Crippen LogP contribution in [-0.4, -0.2) is 20.4 Å². The number of amides is 1. The summed E-state index contributed by atoms with van der Waals surface area (Å²) >= 11 is 3.40. The van der Waals surface area contributed by atoms with Crippen molar-refractivity contribution in [2.24, 2.45) is 0 Å². The summed E-state index contributed by atoms with van der Waals surface area (Å²) in [7, 11) is 0. The largest absolute Gasteiger partial charge is 0.342 e. The summed E-state index contributed by atoms with van der Waals surface area (Å²) in [6.07, 6.45) is 3.12. The Hall–Kier alpha value is -2.54. The molecule has 1 aliphatic rings. The molecule has 1 aromatic carbocycles. The average molecular weight is 399 g/mol. The second-order valence-electron chi connectivity index (χ2n) is 5.96. The first-order valence-electron chi connectivity index (χ1n) is 8.08. The van der Waals surface area contributed by atoms with Gasteiger partial charge in [0.05, 0.1) is 22.5 Å². The quantitative estimate of drug-likeness (QED) is 0.719. The summed E-state index contributed by atoms with van der Waals surface area (Å²) < 4.78 is 2.27. The summed E-state index contributed by atoms with van der Waals surface area (Å²) in [5.41, 5.74) is 0.758. The lowest BCUT2D eigenvalue weighted by Crippen LogP contribution is -2.30. The third-order valence-corrected chi connectivity index (χ3v) is 4.79. The number of aromatic nitrogens is 3. The summed E-state index contributed by atoms with van der Waals surface area (Å²) in [5.74, 6) is 0.608. The highest BCUT2D eigenvalue weighted by Gasteiger charge is 2.29. The number of hydrogen-bond donors (Lipinski definition) is 1. The molecule has 3 heterocycles. The van der Waals surface area contributed by atoms with E-state index in [9.17, 15) is 9.59 Å². The Balaban J connectivity index is 2.13. The van der Waals surface area contributed by atoms with Crippen molar-refractivity contribution in [1.82, 2.24) is 19.9 Å². The van der Waals surface area contributed by atoms with E-state index in [1.165, 1.54) is 4.57 Å². The number of nitrogens with one attached hydrogen (secondary N) is 1. The van der Waals surface area contributed by atoms with Crippen LogP contribution in [0, 0.1) is 0 Å². The molecule has 126 valence electrons. The summed E-state index contributed by atoms with van der Waals surface area (Å²) in [4.78, 5) is 34.8. The lowest BCUT2D eigenvalue weighted by atomic mass is 10.1. The number of nitrogens with zero attached hydrogens (tertiary/aromatic N) is 3. The molecule has 1 unspecified atom stereocenters. The van der Waals surface area contributed by atoms with Crippen LogP contribution in [0.15, 0.2) is 45.8 Å². The minimum Gasteiger partial charge on any atom is -0.342 e. The molecule has 1 atom stereocenters. The average Bonchev–Trinajstić information content (AvgIpc) is 2.72. The van der Waals surface area contributed by atoms with E-state index in [0.717, 1.165) is 10.9 Å². The second-order valence-corrected chi connectivity index (χ2v) is 6.88. The molecule has 0 aliphatic carbocycles. The molecule has 1 N–H and O–H groups in total. The van der Waals surface area contributed by atoms with E-state index < -0.39 is 0 Å². The van der Waals surface area contributed by atoms with Crippen molar-refractivity contribution in [3.05, 3.63) is 62.7 Å². The molecule has 0 saturated heterocycles. The molecule has 4 rings (SSSR count). The van der Waals surface area contributed by atoms with Gasteiger partial charge in [-0.1, -0.05) is 29.3 Å². The molecule has 1 aliphatic heterocycles. The van der Waals surface area contributed by atoms with E-state index in [0.29, 0.717) is 34.5 Å². The van der Waals surface area contributed by atoms with Crippen LogP contribution in [0.3, 0.4) is 0 Å². The summed E-state index contributed by atoms with van der Waals surface area (Å²) in [6.45, 7) is 2.03. The Morgan fingerprint density at radius 3 is 2.92 bits per heavy atom. The van der Waals surface area contributed by atoms with Crippen LogP contribution in [0.5, 0.6) is 0 Å². The highest BCUT2D eigenvalue weighted by Crippen LogP contribution is 2.26. The van der Waals surface area contributed by atoms with Crippen molar-refractivity contribution in [3.8, 4) is 5.82 Å². The van der Waals surface area contributed by atoms with Crippen molar-refractivity contribution >= 4 is 32.7 Å². The third-order valence-electron chi connectivity index (χ3n) is 4.29. The molecular weight excluding hydrogens is 384 g/mol. The molecular formula is C18H15BrN4O2. The normalized spacial score (nSPS) is 16.1. The van der Waals surface area contributed by atoms with E-state index >= 15 is 0 Å². The maximum absolute atomic E-state index is 13.2. The molecule has 6 nitrogen and oxygen atoms in total. The van der Waals surface area contributed by atoms with Crippen LogP contribution in [0.4, 0.5) is 0 Å². The van der Waals surface area contributed by atoms with Gasteiger partial charge < -0.3 is 5.32 Å². The van der Waals surface area contributed by atoms with Gasteiger partial charge in [0.1, 0.15) is 5.82 Å². The number of fused-ring (bicyclic) bond motifs is 4. The Bertz CT molecular complexity index is 1060. The molecule has 25 heavy (non-hydrogen) atoms. The first-order valence-corrected chi connectivity index (χ1v) is 8.88. The predicted molar refractivity (Wildman–Crippen MR) is 98.0 cm³/mol. The zero-order valence-corrected chi connectivity index (χ0v) is 15.1. The van der Waals surface area contributed by atoms with Gasteiger partial charge in [0.25, 0.3) is 11.5 Å². The lowest BCUT2D eigenvalue weighted by Gasteiger charge is -2.18. The maximum atomic E-state index is 13.2. The Kier molecular flexibility index (Phi) is 3.88. The zero-order valence-electron chi connectivity index (χ0n) is 13.5. The monoisotopic (exact) mass is 398 g/mol. The Morgan fingerprint density at radius 1 is 1.28 bits per heavy atom. The number of carbonyl (C=O) groups is 1. The Morgan fingerprint density at radius 2 is 2.12 bits per heavy atom. The van der Waals surface area contributed by atoms with Crippen LogP contribution < -0.4 is 10.9 Å². The minimum absolute atomic E-state index is 0.223. The van der Waals surface area contributed by atoms with Crippen molar-refractivity contribution in [2.45, 2.75) is 25.8 Å². The molecule has 2 aromatic heterocycles. The second kappa shape index (κ2) is 6.07. The molecule has 0 radical (unpaired) electrons. The maximum Gasteiger partial charge on any atom is 0.267 e. The standard InChI is InChI=1S/C18H15BrN4O2/c1-2-4-14-16-21-13-7-6-10(19)9-12(13)18(25)23(16)15-11(17(24)22-14)5-3-8-20-15/h3,5-9,14H,2,4H2,1H3,(H,22,24). The number of carbonyl (C=O) groups excluding carboxylic acids is 1. The van der Waals surface area contributed by atoms with Gasteiger partial charge in [-0.05, 0) is 36.8 Å². The topological polar surface area (TPSA) is 76.9 Å². The van der Waals surface area contributed by atoms with Gasteiger partial charge >= 0.3 is 0 Å². The van der Waals surface area contributed by atoms with E-state index in [1.54, 1.807) is 30.5 Å². The van der Waals surface area contributed by atoms with Crippen molar-refractivity contribution in [3.63, 3.8) is 0 Å². The summed E-state index contributed by atoms with van der Waals surface area (Å²) in [5, 5.41) is 3.47. The highest BCUT2D eigenvalue weighted by molar-refractivity contribution is 9.10. The van der Waals surface area contributed by atoms with Gasteiger partial charge in [0, 0.05) is 10.7 Å². The van der Waals surface area contributed by atoms with E-state index in [4.69, 9.17) is 4.98 Å². The zero-order chi connectivity index (χ0) is 17.6. The highest BCUT2D eigenvalue weighted by atomic mass is 79.9. The Labute approximate surface area is 152 Å². The smallest absolute Gasteiger partial charge is 0.267 e. The van der Waals surface area contributed by atoms with Crippen molar-refractivity contribution in [2.75, 3.05) is 0 Å². The van der Waals surface area contributed by atoms with E-state index in [1.807, 2.05) is 13.0 Å². The minimum atomic E-state index is -0.340. The van der Waals surface area contributed by atoms with Gasteiger partial charge in [-0.2, -0.15) is 0 Å². The fraction of sp³-hybridized carbons (Fsp3) is 0.222. The molecule has 7 heteroatoms. The van der Waals surface area contributed by atoms with Gasteiger partial charge in [-0.15, -0.1) is 0 Å². The van der Waals surface area contributed by atoms with Crippen LogP contribution >= 0.6 is 15.9 Å². The number of halogens is 1. The van der Waals surface area contributed by atoms with Crippen LogP contribution in [-0.2, 0) is 0 Å². The number of rotatable bonds is 2. The lowest BCUT2D eigenvalue weighted by molar-refractivity contribution is 0.0935. The fourth-order valence-corrected chi connectivity index (χ4v) is 3.52. The molecule has 0 bridgehead atoms. The van der Waals surface area contributed by atoms with Crippen LogP contribution in [0.1, 0.15) is 42.0 Å². The van der Waals surface area contributed by atoms with Crippen molar-refractivity contribution in [1.29, 1.82) is 0 Å². The molecule has 0 saturated carbocycles. The number of pyridine rings is 1.